The SMILES string of the molecule is N[C@@H](CCOCc1ccccc1)C(=O)N1CCN(C(=O)O)CC1. The van der Waals surface area contributed by atoms with Gasteiger partial charge in [-0.3, -0.25) is 4.79 Å². The third kappa shape index (κ3) is 5.22. The maximum atomic E-state index is 12.2. The summed E-state index contributed by atoms with van der Waals surface area (Å²) in [5, 5.41) is 8.89. The van der Waals surface area contributed by atoms with Crippen LogP contribution in [-0.2, 0) is 16.1 Å². The zero-order valence-corrected chi connectivity index (χ0v) is 13.1. The molecular weight excluding hydrogens is 298 g/mol. The largest absolute Gasteiger partial charge is 0.465 e. The second-order valence-electron chi connectivity index (χ2n) is 5.53. The third-order valence-corrected chi connectivity index (χ3v) is 3.86. The Labute approximate surface area is 135 Å². The molecule has 0 aromatic heterocycles. The number of amides is 2. The van der Waals surface area contributed by atoms with Gasteiger partial charge in [-0.05, 0) is 12.0 Å². The van der Waals surface area contributed by atoms with Crippen molar-refractivity contribution in [3.05, 3.63) is 35.9 Å². The summed E-state index contributed by atoms with van der Waals surface area (Å²) in [6, 6.07) is 9.19. The van der Waals surface area contributed by atoms with Crippen LogP contribution in [0.5, 0.6) is 0 Å². The van der Waals surface area contributed by atoms with Gasteiger partial charge >= 0.3 is 6.09 Å². The molecule has 2 rings (SSSR count). The molecule has 1 aromatic carbocycles. The predicted molar refractivity (Wildman–Crippen MR) is 84.9 cm³/mol. The Bertz CT molecular complexity index is 515. The molecule has 7 nitrogen and oxygen atoms in total. The van der Waals surface area contributed by atoms with E-state index in [1.54, 1.807) is 4.90 Å². The van der Waals surface area contributed by atoms with Crippen LogP contribution in [0.25, 0.3) is 0 Å². The molecule has 0 bridgehead atoms. The molecule has 0 unspecified atom stereocenters. The highest BCUT2D eigenvalue weighted by molar-refractivity contribution is 5.82. The first-order valence-electron chi connectivity index (χ1n) is 7.72. The van der Waals surface area contributed by atoms with Crippen LogP contribution in [0.2, 0.25) is 0 Å². The second-order valence-corrected chi connectivity index (χ2v) is 5.53. The Morgan fingerprint density at radius 2 is 1.74 bits per heavy atom. The van der Waals surface area contributed by atoms with Crippen molar-refractivity contribution < 1.29 is 19.4 Å². The van der Waals surface area contributed by atoms with Crippen LogP contribution in [0.3, 0.4) is 0 Å². The number of carboxylic acid groups (broad SMARTS) is 1. The van der Waals surface area contributed by atoms with E-state index in [9.17, 15) is 9.59 Å². The van der Waals surface area contributed by atoms with Gasteiger partial charge in [-0.15, -0.1) is 0 Å². The first kappa shape index (κ1) is 17.2. The van der Waals surface area contributed by atoms with E-state index >= 15 is 0 Å². The summed E-state index contributed by atoms with van der Waals surface area (Å²) < 4.78 is 5.54. The van der Waals surface area contributed by atoms with Gasteiger partial charge in [0.05, 0.1) is 12.6 Å². The van der Waals surface area contributed by atoms with E-state index in [0.29, 0.717) is 45.8 Å². The molecule has 1 aromatic rings. The molecule has 1 saturated heterocycles. The lowest BCUT2D eigenvalue weighted by Crippen LogP contribution is -2.54. The van der Waals surface area contributed by atoms with Crippen molar-refractivity contribution in [2.75, 3.05) is 32.8 Å². The van der Waals surface area contributed by atoms with Crippen LogP contribution in [0.15, 0.2) is 30.3 Å². The van der Waals surface area contributed by atoms with Crippen LogP contribution in [0.4, 0.5) is 4.79 Å². The molecule has 7 heteroatoms. The normalized spacial score (nSPS) is 16.2. The van der Waals surface area contributed by atoms with E-state index in [1.165, 1.54) is 4.90 Å². The smallest absolute Gasteiger partial charge is 0.407 e. The minimum atomic E-state index is -0.948. The molecular formula is C16H23N3O4. The standard InChI is InChI=1S/C16H23N3O4/c17-14(6-11-23-12-13-4-2-1-3-5-13)15(20)18-7-9-19(10-8-18)16(21)22/h1-5,14H,6-12,17H2,(H,21,22)/t14-/m0/s1. The van der Waals surface area contributed by atoms with E-state index < -0.39 is 12.1 Å². The Morgan fingerprint density at radius 3 is 2.35 bits per heavy atom. The molecule has 3 N–H and O–H groups in total. The zero-order valence-electron chi connectivity index (χ0n) is 13.1. The van der Waals surface area contributed by atoms with Crippen molar-refractivity contribution in [3.63, 3.8) is 0 Å². The fourth-order valence-corrected chi connectivity index (χ4v) is 2.45. The molecule has 1 aliphatic rings. The Hall–Kier alpha value is -2.12. The van der Waals surface area contributed by atoms with Crippen LogP contribution < -0.4 is 5.73 Å². The average molecular weight is 321 g/mol. The highest BCUT2D eigenvalue weighted by Gasteiger charge is 2.26. The molecule has 0 radical (unpaired) electrons. The quantitative estimate of drug-likeness (QED) is 0.754. The van der Waals surface area contributed by atoms with Crippen molar-refractivity contribution in [2.45, 2.75) is 19.1 Å². The predicted octanol–water partition coefficient (Wildman–Crippen LogP) is 0.743. The van der Waals surface area contributed by atoms with E-state index in [1.807, 2.05) is 30.3 Å². The lowest BCUT2D eigenvalue weighted by molar-refractivity contribution is -0.134. The molecule has 1 aliphatic heterocycles. The van der Waals surface area contributed by atoms with Gasteiger partial charge < -0.3 is 25.4 Å². The van der Waals surface area contributed by atoms with E-state index in [0.717, 1.165) is 5.56 Å². The average Bonchev–Trinajstić information content (AvgIpc) is 2.59. The summed E-state index contributed by atoms with van der Waals surface area (Å²) in [4.78, 5) is 26.0. The Morgan fingerprint density at radius 1 is 1.13 bits per heavy atom. The van der Waals surface area contributed by atoms with Crippen molar-refractivity contribution >= 4 is 12.0 Å². The van der Waals surface area contributed by atoms with Gasteiger partial charge in [0.2, 0.25) is 5.91 Å². The van der Waals surface area contributed by atoms with E-state index in [2.05, 4.69) is 0 Å². The number of piperazine rings is 1. The summed E-state index contributed by atoms with van der Waals surface area (Å²) in [6.07, 6.45) is -0.499. The van der Waals surface area contributed by atoms with E-state index in [4.69, 9.17) is 15.6 Å². The fourth-order valence-electron chi connectivity index (χ4n) is 2.45. The molecule has 0 saturated carbocycles. The number of carbonyl (C=O) groups excluding carboxylic acids is 1. The third-order valence-electron chi connectivity index (χ3n) is 3.86. The number of carbonyl (C=O) groups is 2. The molecule has 0 aliphatic carbocycles. The van der Waals surface area contributed by atoms with Crippen LogP contribution in [0, 0.1) is 0 Å². The number of nitrogens with two attached hydrogens (primary N) is 1. The molecule has 0 spiro atoms. The number of nitrogens with zero attached hydrogens (tertiary/aromatic N) is 2. The summed E-state index contributed by atoms with van der Waals surface area (Å²) in [5.41, 5.74) is 7.00. The van der Waals surface area contributed by atoms with Crippen LogP contribution in [-0.4, -0.2) is 65.7 Å². The van der Waals surface area contributed by atoms with Gasteiger partial charge in [-0.1, -0.05) is 30.3 Å². The van der Waals surface area contributed by atoms with Crippen LogP contribution >= 0.6 is 0 Å². The number of benzene rings is 1. The summed E-state index contributed by atoms with van der Waals surface area (Å²) in [6.45, 7) is 2.36. The van der Waals surface area contributed by atoms with Crippen molar-refractivity contribution in [2.24, 2.45) is 5.73 Å². The highest BCUT2D eigenvalue weighted by atomic mass is 16.5. The highest BCUT2D eigenvalue weighted by Crippen LogP contribution is 2.06. The maximum absolute atomic E-state index is 12.2. The number of hydrogen-bond donors (Lipinski definition) is 2. The van der Waals surface area contributed by atoms with Gasteiger partial charge in [-0.25, -0.2) is 4.79 Å². The summed E-state index contributed by atoms with van der Waals surface area (Å²) in [5.74, 6) is -0.140. The van der Waals surface area contributed by atoms with Crippen LogP contribution in [0.1, 0.15) is 12.0 Å². The minimum Gasteiger partial charge on any atom is -0.465 e. The van der Waals surface area contributed by atoms with Gasteiger partial charge in [0.25, 0.3) is 0 Å². The molecule has 1 heterocycles. The summed E-state index contributed by atoms with van der Waals surface area (Å²) >= 11 is 0. The fraction of sp³-hybridized carbons (Fsp3) is 0.500. The Kier molecular flexibility index (Phi) is 6.37. The van der Waals surface area contributed by atoms with E-state index in [-0.39, 0.29) is 5.91 Å². The van der Waals surface area contributed by atoms with Gasteiger partial charge in [0.1, 0.15) is 0 Å². The molecule has 126 valence electrons. The number of rotatable bonds is 6. The zero-order chi connectivity index (χ0) is 16.7. The van der Waals surface area contributed by atoms with Crippen molar-refractivity contribution in [1.82, 2.24) is 9.80 Å². The van der Waals surface area contributed by atoms with Gasteiger partial charge in [0.15, 0.2) is 0 Å². The number of ether oxygens (including phenoxy) is 1. The lowest BCUT2D eigenvalue weighted by Gasteiger charge is -2.34. The van der Waals surface area contributed by atoms with Gasteiger partial charge in [-0.2, -0.15) is 0 Å². The topological polar surface area (TPSA) is 96.1 Å². The first-order chi connectivity index (χ1) is 11.1. The summed E-state index contributed by atoms with van der Waals surface area (Å²) in [7, 11) is 0. The first-order valence-corrected chi connectivity index (χ1v) is 7.72. The molecule has 2 amide bonds. The maximum Gasteiger partial charge on any atom is 0.407 e. The molecule has 23 heavy (non-hydrogen) atoms. The second kappa shape index (κ2) is 8.50. The van der Waals surface area contributed by atoms with Gasteiger partial charge in [0, 0.05) is 32.8 Å². The molecule has 1 fully saturated rings. The minimum absolute atomic E-state index is 0.140. The van der Waals surface area contributed by atoms with Crippen molar-refractivity contribution in [3.8, 4) is 0 Å². The lowest BCUT2D eigenvalue weighted by atomic mass is 10.2. The Balaban J connectivity index is 1.66. The number of hydrogen-bond acceptors (Lipinski definition) is 4. The molecule has 1 atom stereocenters. The van der Waals surface area contributed by atoms with Crippen molar-refractivity contribution in [1.29, 1.82) is 0 Å². The monoisotopic (exact) mass is 321 g/mol.